The molecule has 2 aromatic heterocycles. The molecule has 6 heteroatoms. The van der Waals surface area contributed by atoms with Crippen molar-refractivity contribution in [3.63, 3.8) is 0 Å². The molecule has 0 aromatic carbocycles. The second-order valence-electron chi connectivity index (χ2n) is 4.68. The maximum absolute atomic E-state index is 9.35. The van der Waals surface area contributed by atoms with E-state index in [9.17, 15) is 5.26 Å². The molecule has 0 aliphatic carbocycles. The maximum Gasteiger partial charge on any atom is 0.239 e. The van der Waals surface area contributed by atoms with Gasteiger partial charge in [0.2, 0.25) is 5.89 Å². The summed E-state index contributed by atoms with van der Waals surface area (Å²) in [7, 11) is 0. The predicted octanol–water partition coefficient (Wildman–Crippen LogP) is 3.42. The molecule has 0 spiro atoms. The molecule has 1 atom stereocenters. The van der Waals surface area contributed by atoms with Crippen LogP contribution in [0.3, 0.4) is 0 Å². The Morgan fingerprint density at radius 1 is 1.15 bits per heavy atom. The van der Waals surface area contributed by atoms with Crippen molar-refractivity contribution in [2.24, 2.45) is 0 Å². The van der Waals surface area contributed by atoms with E-state index in [2.05, 4.69) is 21.2 Å². The Balaban J connectivity index is 2.37. The van der Waals surface area contributed by atoms with Crippen LogP contribution in [0.1, 0.15) is 46.3 Å². The molecule has 0 radical (unpaired) electrons. The molecule has 0 unspecified atom stereocenters. The Labute approximate surface area is 122 Å². The van der Waals surface area contributed by atoms with Crippen molar-refractivity contribution in [3.05, 3.63) is 34.1 Å². The summed E-state index contributed by atoms with van der Waals surface area (Å²) in [6.45, 7) is 9.63. The number of nitrogens with zero attached hydrogens (tertiary/aromatic N) is 4. The van der Waals surface area contributed by atoms with Crippen molar-refractivity contribution < 1.29 is 4.52 Å². The van der Waals surface area contributed by atoms with Gasteiger partial charge in [0, 0.05) is 5.69 Å². The standard InChI is InChI=1S/C14H16N4OS/c1-7-8(2)12(6-15)14(16-9(7)3)20-10(4)13-17-11(5)18-19-13/h10H,1-5H3/t10-/m0/s1. The van der Waals surface area contributed by atoms with Gasteiger partial charge in [0.25, 0.3) is 0 Å². The van der Waals surface area contributed by atoms with Crippen LogP contribution >= 0.6 is 11.8 Å². The van der Waals surface area contributed by atoms with Gasteiger partial charge in [-0.3, -0.25) is 0 Å². The number of hydrogen-bond acceptors (Lipinski definition) is 6. The van der Waals surface area contributed by atoms with Gasteiger partial charge in [-0.2, -0.15) is 10.2 Å². The summed E-state index contributed by atoms with van der Waals surface area (Å²) in [5, 5.41) is 13.8. The molecule has 0 saturated heterocycles. The van der Waals surface area contributed by atoms with E-state index in [4.69, 9.17) is 4.52 Å². The van der Waals surface area contributed by atoms with Crippen LogP contribution in [0.25, 0.3) is 0 Å². The second kappa shape index (κ2) is 5.63. The zero-order valence-corrected chi connectivity index (χ0v) is 13.0. The van der Waals surface area contributed by atoms with E-state index >= 15 is 0 Å². The minimum atomic E-state index is -0.0442. The van der Waals surface area contributed by atoms with Gasteiger partial charge in [0.15, 0.2) is 5.82 Å². The molecule has 0 N–H and O–H groups in total. The first-order chi connectivity index (χ1) is 9.43. The van der Waals surface area contributed by atoms with Crippen molar-refractivity contribution in [2.45, 2.75) is 44.9 Å². The molecule has 2 rings (SSSR count). The van der Waals surface area contributed by atoms with E-state index in [1.54, 1.807) is 6.92 Å². The summed E-state index contributed by atoms with van der Waals surface area (Å²) < 4.78 is 5.16. The molecule has 104 valence electrons. The summed E-state index contributed by atoms with van der Waals surface area (Å²) in [6.07, 6.45) is 0. The molecule has 0 aliphatic rings. The highest BCUT2D eigenvalue weighted by Gasteiger charge is 2.19. The van der Waals surface area contributed by atoms with Gasteiger partial charge in [0.1, 0.15) is 11.1 Å². The molecule has 20 heavy (non-hydrogen) atoms. The topological polar surface area (TPSA) is 75.6 Å². The Hall–Kier alpha value is -1.87. The summed E-state index contributed by atoms with van der Waals surface area (Å²) in [5.41, 5.74) is 3.61. The van der Waals surface area contributed by atoms with Crippen LogP contribution in [0.15, 0.2) is 9.55 Å². The fourth-order valence-corrected chi connectivity index (χ4v) is 2.86. The first-order valence-corrected chi connectivity index (χ1v) is 7.16. The fourth-order valence-electron chi connectivity index (χ4n) is 1.82. The fraction of sp³-hybridized carbons (Fsp3) is 0.429. The van der Waals surface area contributed by atoms with Gasteiger partial charge < -0.3 is 4.52 Å². The molecule has 0 fully saturated rings. The average molecular weight is 288 g/mol. The lowest BCUT2D eigenvalue weighted by Crippen LogP contribution is -2.00. The number of aromatic nitrogens is 3. The Kier molecular flexibility index (Phi) is 4.09. The quantitative estimate of drug-likeness (QED) is 0.805. The maximum atomic E-state index is 9.35. The summed E-state index contributed by atoms with van der Waals surface area (Å²) in [6, 6.07) is 2.24. The van der Waals surface area contributed by atoms with Crippen LogP contribution < -0.4 is 0 Å². The Morgan fingerprint density at radius 2 is 1.85 bits per heavy atom. The van der Waals surface area contributed by atoms with Crippen LogP contribution in [0.2, 0.25) is 0 Å². The number of pyridine rings is 1. The predicted molar refractivity (Wildman–Crippen MR) is 76.5 cm³/mol. The highest BCUT2D eigenvalue weighted by molar-refractivity contribution is 7.99. The summed E-state index contributed by atoms with van der Waals surface area (Å²) in [5.74, 6) is 1.16. The number of thioether (sulfide) groups is 1. The second-order valence-corrected chi connectivity index (χ2v) is 6.01. The Bertz CT molecular complexity index is 687. The highest BCUT2D eigenvalue weighted by atomic mass is 32.2. The minimum Gasteiger partial charge on any atom is -0.338 e. The lowest BCUT2D eigenvalue weighted by atomic mass is 10.1. The van der Waals surface area contributed by atoms with E-state index in [1.165, 1.54) is 11.8 Å². The van der Waals surface area contributed by atoms with Gasteiger partial charge >= 0.3 is 0 Å². The van der Waals surface area contributed by atoms with Crippen LogP contribution in [-0.4, -0.2) is 15.1 Å². The lowest BCUT2D eigenvalue weighted by Gasteiger charge is -2.12. The lowest BCUT2D eigenvalue weighted by molar-refractivity contribution is 0.376. The molecule has 2 heterocycles. The third-order valence-electron chi connectivity index (χ3n) is 3.25. The first-order valence-electron chi connectivity index (χ1n) is 6.28. The van der Waals surface area contributed by atoms with Crippen molar-refractivity contribution in [3.8, 4) is 6.07 Å². The summed E-state index contributed by atoms with van der Waals surface area (Å²) >= 11 is 1.47. The van der Waals surface area contributed by atoms with Gasteiger partial charge in [-0.25, -0.2) is 4.98 Å². The smallest absolute Gasteiger partial charge is 0.239 e. The Morgan fingerprint density at radius 3 is 2.40 bits per heavy atom. The van der Waals surface area contributed by atoms with E-state index in [0.717, 1.165) is 21.8 Å². The third-order valence-corrected chi connectivity index (χ3v) is 4.33. The largest absolute Gasteiger partial charge is 0.338 e. The summed E-state index contributed by atoms with van der Waals surface area (Å²) in [4.78, 5) is 8.74. The van der Waals surface area contributed by atoms with Crippen LogP contribution in [0, 0.1) is 39.0 Å². The number of nitriles is 1. The SMILES string of the molecule is Cc1noc([C@H](C)Sc2nc(C)c(C)c(C)c2C#N)n1. The normalized spacial score (nSPS) is 12.2. The van der Waals surface area contributed by atoms with E-state index in [0.29, 0.717) is 17.3 Å². The molecule has 5 nitrogen and oxygen atoms in total. The van der Waals surface area contributed by atoms with Gasteiger partial charge in [-0.05, 0) is 45.7 Å². The van der Waals surface area contributed by atoms with Gasteiger partial charge in [-0.1, -0.05) is 16.9 Å². The number of rotatable bonds is 3. The van der Waals surface area contributed by atoms with E-state index < -0.39 is 0 Å². The zero-order valence-electron chi connectivity index (χ0n) is 12.2. The first kappa shape index (κ1) is 14.5. The molecular weight excluding hydrogens is 272 g/mol. The van der Waals surface area contributed by atoms with Crippen molar-refractivity contribution >= 4 is 11.8 Å². The van der Waals surface area contributed by atoms with Crippen LogP contribution in [0.4, 0.5) is 0 Å². The molecule has 0 aliphatic heterocycles. The van der Waals surface area contributed by atoms with Gasteiger partial charge in [-0.15, -0.1) is 0 Å². The molecule has 2 aromatic rings. The third kappa shape index (κ3) is 2.68. The van der Waals surface area contributed by atoms with Crippen molar-refractivity contribution in [1.82, 2.24) is 15.1 Å². The monoisotopic (exact) mass is 288 g/mol. The van der Waals surface area contributed by atoms with Crippen molar-refractivity contribution in [1.29, 1.82) is 5.26 Å². The van der Waals surface area contributed by atoms with Crippen molar-refractivity contribution in [2.75, 3.05) is 0 Å². The molecule has 0 bridgehead atoms. The molecule has 0 saturated carbocycles. The average Bonchev–Trinajstić information content (AvgIpc) is 2.83. The highest BCUT2D eigenvalue weighted by Crippen LogP contribution is 2.36. The van der Waals surface area contributed by atoms with Crippen LogP contribution in [-0.2, 0) is 0 Å². The molecule has 0 amide bonds. The zero-order chi connectivity index (χ0) is 14.9. The number of hydrogen-bond donors (Lipinski definition) is 0. The van der Waals surface area contributed by atoms with E-state index in [1.807, 2.05) is 27.7 Å². The van der Waals surface area contributed by atoms with E-state index in [-0.39, 0.29) is 5.25 Å². The van der Waals surface area contributed by atoms with Gasteiger partial charge in [0.05, 0.1) is 10.8 Å². The number of aryl methyl sites for hydroxylation is 2. The minimum absolute atomic E-state index is 0.0442. The molecular formula is C14H16N4OS. The van der Waals surface area contributed by atoms with Crippen LogP contribution in [0.5, 0.6) is 0 Å².